The van der Waals surface area contributed by atoms with Crippen LogP contribution in [0.5, 0.6) is 0 Å². The Balaban J connectivity index is 2.16. The lowest BCUT2D eigenvalue weighted by Gasteiger charge is -2.08. The second kappa shape index (κ2) is 3.36. The van der Waals surface area contributed by atoms with Gasteiger partial charge in [-0.3, -0.25) is 0 Å². The summed E-state index contributed by atoms with van der Waals surface area (Å²) in [6, 6.07) is 8.81. The molecule has 0 spiro atoms. The fraction of sp³-hybridized carbons (Fsp3) is 0.429. The van der Waals surface area contributed by atoms with Crippen LogP contribution in [-0.4, -0.2) is 11.5 Å². The number of rotatable bonds is 3. The fourth-order valence-corrected chi connectivity index (χ4v) is 2.53. The molecular weight excluding hydrogens is 196 g/mol. The molecule has 0 radical (unpaired) electrons. The van der Waals surface area contributed by atoms with E-state index in [0.717, 1.165) is 13.0 Å². The Hall–Kier alpha value is -1.28. The second-order valence-corrected chi connectivity index (χ2v) is 4.90. The summed E-state index contributed by atoms with van der Waals surface area (Å²) in [6.45, 7) is 2.96. The zero-order valence-corrected chi connectivity index (χ0v) is 9.72. The van der Waals surface area contributed by atoms with Gasteiger partial charge in [0.15, 0.2) is 0 Å². The average Bonchev–Trinajstić information content (AvgIpc) is 3.00. The Bertz CT molecular complexity index is 521. The molecule has 0 atom stereocenters. The normalized spacial score (nSPS) is 17.9. The van der Waals surface area contributed by atoms with Crippen molar-refractivity contribution in [2.24, 2.45) is 5.73 Å². The van der Waals surface area contributed by atoms with Gasteiger partial charge in [0, 0.05) is 23.2 Å². The maximum absolute atomic E-state index is 5.87. The van der Waals surface area contributed by atoms with Crippen molar-refractivity contribution in [2.75, 3.05) is 6.54 Å². The highest BCUT2D eigenvalue weighted by Crippen LogP contribution is 2.47. The van der Waals surface area contributed by atoms with Crippen LogP contribution in [0, 0.1) is 0 Å². The molecule has 1 saturated carbocycles. The van der Waals surface area contributed by atoms with Gasteiger partial charge in [-0.15, -0.1) is 0 Å². The molecule has 0 bridgehead atoms. The Morgan fingerprint density at radius 1 is 1.38 bits per heavy atom. The van der Waals surface area contributed by atoms with Crippen molar-refractivity contribution in [3.8, 4) is 0 Å². The summed E-state index contributed by atoms with van der Waals surface area (Å²) < 4.78 is 0. The number of aryl methyl sites for hydroxylation is 1. The molecule has 0 aliphatic heterocycles. The van der Waals surface area contributed by atoms with Crippen molar-refractivity contribution >= 4 is 10.9 Å². The highest BCUT2D eigenvalue weighted by Gasteiger charge is 2.44. The first-order valence-corrected chi connectivity index (χ1v) is 6.10. The molecule has 3 N–H and O–H groups in total. The lowest BCUT2D eigenvalue weighted by Crippen LogP contribution is -2.19. The summed E-state index contributed by atoms with van der Waals surface area (Å²) in [4.78, 5) is 3.59. The van der Waals surface area contributed by atoms with Gasteiger partial charge < -0.3 is 10.7 Å². The molecule has 2 heteroatoms. The van der Waals surface area contributed by atoms with E-state index in [2.05, 4.69) is 36.2 Å². The van der Waals surface area contributed by atoms with Gasteiger partial charge in [0.05, 0.1) is 0 Å². The average molecular weight is 214 g/mol. The molecule has 84 valence electrons. The Morgan fingerprint density at radius 2 is 2.19 bits per heavy atom. The van der Waals surface area contributed by atoms with Gasteiger partial charge >= 0.3 is 0 Å². The van der Waals surface area contributed by atoms with Crippen molar-refractivity contribution < 1.29 is 0 Å². The molecule has 1 aliphatic rings. The summed E-state index contributed by atoms with van der Waals surface area (Å²) in [7, 11) is 0. The van der Waals surface area contributed by atoms with Crippen molar-refractivity contribution in [2.45, 2.75) is 31.6 Å². The van der Waals surface area contributed by atoms with Crippen LogP contribution in [0.15, 0.2) is 24.3 Å². The largest absolute Gasteiger partial charge is 0.358 e. The number of H-pyrrole nitrogens is 1. The summed E-state index contributed by atoms with van der Waals surface area (Å²) >= 11 is 0. The highest BCUT2D eigenvalue weighted by atomic mass is 14.8. The zero-order valence-electron chi connectivity index (χ0n) is 9.72. The van der Waals surface area contributed by atoms with E-state index < -0.39 is 0 Å². The first-order chi connectivity index (χ1) is 7.79. The Labute approximate surface area is 95.8 Å². The third-order valence-corrected chi connectivity index (χ3v) is 3.94. The number of fused-ring (bicyclic) bond motifs is 1. The van der Waals surface area contributed by atoms with E-state index in [1.165, 1.54) is 35.0 Å². The van der Waals surface area contributed by atoms with E-state index in [1.807, 2.05) is 0 Å². The molecule has 2 aromatic rings. The van der Waals surface area contributed by atoms with E-state index in [9.17, 15) is 0 Å². The third kappa shape index (κ3) is 1.30. The van der Waals surface area contributed by atoms with Crippen molar-refractivity contribution in [1.29, 1.82) is 0 Å². The van der Waals surface area contributed by atoms with Crippen molar-refractivity contribution in [3.63, 3.8) is 0 Å². The van der Waals surface area contributed by atoms with E-state index >= 15 is 0 Å². The number of aromatic nitrogens is 1. The van der Waals surface area contributed by atoms with Crippen LogP contribution in [0.3, 0.4) is 0 Å². The molecule has 0 amide bonds. The molecule has 1 aromatic heterocycles. The molecule has 1 heterocycles. The van der Waals surface area contributed by atoms with E-state index in [4.69, 9.17) is 5.73 Å². The predicted molar refractivity (Wildman–Crippen MR) is 67.6 cm³/mol. The lowest BCUT2D eigenvalue weighted by atomic mass is 10.0. The minimum atomic E-state index is 0.268. The van der Waals surface area contributed by atoms with Gasteiger partial charge in [0.1, 0.15) is 0 Å². The molecule has 2 nitrogen and oxygen atoms in total. The molecule has 16 heavy (non-hydrogen) atoms. The first kappa shape index (κ1) is 9.91. The van der Waals surface area contributed by atoms with Crippen LogP contribution in [0.1, 0.15) is 31.0 Å². The maximum atomic E-state index is 5.87. The van der Waals surface area contributed by atoms with Gasteiger partial charge in [-0.1, -0.05) is 25.1 Å². The van der Waals surface area contributed by atoms with E-state index in [1.54, 1.807) is 0 Å². The summed E-state index contributed by atoms with van der Waals surface area (Å²) in [5.74, 6) is 0. The highest BCUT2D eigenvalue weighted by molar-refractivity contribution is 5.84. The first-order valence-electron chi connectivity index (χ1n) is 6.10. The molecule has 1 aromatic carbocycles. The van der Waals surface area contributed by atoms with Crippen LogP contribution in [-0.2, 0) is 11.8 Å². The number of nitrogens with two attached hydrogens (primary N) is 1. The van der Waals surface area contributed by atoms with Gasteiger partial charge in [0.25, 0.3) is 0 Å². The number of para-hydroxylation sites is 1. The van der Waals surface area contributed by atoms with Gasteiger partial charge in [-0.05, 0) is 36.3 Å². The zero-order chi connectivity index (χ0) is 11.2. The number of nitrogens with one attached hydrogen (secondary N) is 1. The Morgan fingerprint density at radius 3 is 2.81 bits per heavy atom. The van der Waals surface area contributed by atoms with Gasteiger partial charge in [0.2, 0.25) is 0 Å². The SMILES string of the molecule is CCc1cccc2cc(C3(CN)CC3)[nH]c12. The summed E-state index contributed by atoms with van der Waals surface area (Å²) in [5.41, 5.74) is 10.2. The van der Waals surface area contributed by atoms with Gasteiger partial charge in [-0.2, -0.15) is 0 Å². The lowest BCUT2D eigenvalue weighted by molar-refractivity contribution is 0.685. The van der Waals surface area contributed by atoms with E-state index in [0.29, 0.717) is 0 Å². The number of hydrogen-bond acceptors (Lipinski definition) is 1. The molecule has 1 fully saturated rings. The monoisotopic (exact) mass is 214 g/mol. The number of aromatic amines is 1. The van der Waals surface area contributed by atoms with Crippen LogP contribution in [0.4, 0.5) is 0 Å². The molecule has 3 rings (SSSR count). The van der Waals surface area contributed by atoms with Crippen molar-refractivity contribution in [1.82, 2.24) is 4.98 Å². The van der Waals surface area contributed by atoms with Crippen molar-refractivity contribution in [3.05, 3.63) is 35.5 Å². The second-order valence-electron chi connectivity index (χ2n) is 4.90. The van der Waals surface area contributed by atoms with Crippen LogP contribution < -0.4 is 5.73 Å². The van der Waals surface area contributed by atoms with E-state index in [-0.39, 0.29) is 5.41 Å². The minimum absolute atomic E-state index is 0.268. The molecule has 0 saturated heterocycles. The minimum Gasteiger partial charge on any atom is -0.358 e. The standard InChI is InChI=1S/C14H18N2/c1-2-10-4-3-5-11-8-12(16-13(10)11)14(9-15)6-7-14/h3-5,8,16H,2,6-7,9,15H2,1H3. The predicted octanol–water partition coefficient (Wildman–Crippen LogP) is 2.72. The quantitative estimate of drug-likeness (QED) is 0.810. The summed E-state index contributed by atoms with van der Waals surface area (Å²) in [6.07, 6.45) is 3.54. The van der Waals surface area contributed by atoms with Crippen LogP contribution in [0.25, 0.3) is 10.9 Å². The Kier molecular flexibility index (Phi) is 2.08. The number of benzene rings is 1. The maximum Gasteiger partial charge on any atom is 0.0488 e. The molecule has 0 unspecified atom stereocenters. The molecular formula is C14H18N2. The fourth-order valence-electron chi connectivity index (χ4n) is 2.53. The van der Waals surface area contributed by atoms with Gasteiger partial charge in [-0.25, -0.2) is 0 Å². The topological polar surface area (TPSA) is 41.8 Å². The summed E-state index contributed by atoms with van der Waals surface area (Å²) in [5, 5.41) is 1.33. The third-order valence-electron chi connectivity index (χ3n) is 3.94. The molecule has 1 aliphatic carbocycles. The number of hydrogen-bond donors (Lipinski definition) is 2. The van der Waals surface area contributed by atoms with Crippen LogP contribution >= 0.6 is 0 Å². The smallest absolute Gasteiger partial charge is 0.0488 e. The van der Waals surface area contributed by atoms with Crippen LogP contribution in [0.2, 0.25) is 0 Å².